The van der Waals surface area contributed by atoms with E-state index < -0.39 is 23.9 Å². The van der Waals surface area contributed by atoms with Gasteiger partial charge in [0.1, 0.15) is 10.9 Å². The zero-order chi connectivity index (χ0) is 15.3. The fourth-order valence-electron chi connectivity index (χ4n) is 1.45. The van der Waals surface area contributed by atoms with Crippen LogP contribution in [-0.2, 0) is 9.53 Å². The molecule has 1 aromatic rings. The maximum Gasteiger partial charge on any atom is 0.348 e. The van der Waals surface area contributed by atoms with E-state index in [1.807, 2.05) is 0 Å². The maximum absolute atomic E-state index is 11.8. The highest BCUT2D eigenvalue weighted by Gasteiger charge is 2.18. The Labute approximate surface area is 120 Å². The van der Waals surface area contributed by atoms with Gasteiger partial charge in [-0.2, -0.15) is 0 Å². The molecule has 0 aliphatic carbocycles. The minimum atomic E-state index is -0.776. The minimum Gasteiger partial charge on any atom is -0.462 e. The highest BCUT2D eigenvalue weighted by atomic mass is 32.1. The summed E-state index contributed by atoms with van der Waals surface area (Å²) in [5.41, 5.74) is 5.66. The molecule has 0 aliphatic rings. The van der Waals surface area contributed by atoms with Crippen molar-refractivity contribution in [3.63, 3.8) is 0 Å². The molecule has 4 N–H and O–H groups in total. The molecule has 1 aromatic heterocycles. The Hall–Kier alpha value is -2.09. The van der Waals surface area contributed by atoms with Crippen molar-refractivity contribution in [3.8, 4) is 0 Å². The van der Waals surface area contributed by atoms with Gasteiger partial charge in [-0.1, -0.05) is 0 Å². The number of thiophene rings is 1. The number of carbonyl (C=O) groups is 3. The molecule has 1 heterocycles. The zero-order valence-corrected chi connectivity index (χ0v) is 12.3. The molecular weight excluding hydrogens is 282 g/mol. The molecule has 0 saturated heterocycles. The quantitative estimate of drug-likeness (QED) is 0.710. The molecule has 110 valence electrons. The van der Waals surface area contributed by atoms with Crippen molar-refractivity contribution >= 4 is 34.2 Å². The third kappa shape index (κ3) is 4.23. The number of nitrogens with two attached hydrogens (primary N) is 1. The van der Waals surface area contributed by atoms with Gasteiger partial charge < -0.3 is 21.1 Å². The standard InChI is InChI=1S/C12H17N3O4S/c1-4-19-11(17)9-6(2)5-8(20-9)15-10(16)7(3)14-12(13)18/h5,7H,4H2,1-3H3,(H,15,16)(H3,13,14,18). The fraction of sp³-hybridized carbons (Fsp3) is 0.417. The Morgan fingerprint density at radius 1 is 1.45 bits per heavy atom. The summed E-state index contributed by atoms with van der Waals surface area (Å²) in [6, 6.07) is 0.134. The van der Waals surface area contributed by atoms with E-state index in [-0.39, 0.29) is 6.61 Å². The average molecular weight is 299 g/mol. The van der Waals surface area contributed by atoms with E-state index in [0.717, 1.165) is 16.9 Å². The van der Waals surface area contributed by atoms with Gasteiger partial charge in [-0.25, -0.2) is 9.59 Å². The number of hydrogen-bond acceptors (Lipinski definition) is 5. The Morgan fingerprint density at radius 2 is 2.10 bits per heavy atom. The number of primary amides is 1. The van der Waals surface area contributed by atoms with Crippen LogP contribution in [0.1, 0.15) is 29.1 Å². The predicted octanol–water partition coefficient (Wildman–Crippen LogP) is 1.23. The molecular formula is C12H17N3O4S. The van der Waals surface area contributed by atoms with Gasteiger partial charge in [-0.15, -0.1) is 11.3 Å². The lowest BCUT2D eigenvalue weighted by Gasteiger charge is -2.10. The van der Waals surface area contributed by atoms with Gasteiger partial charge >= 0.3 is 12.0 Å². The number of nitrogens with one attached hydrogen (secondary N) is 2. The lowest BCUT2D eigenvalue weighted by atomic mass is 10.3. The van der Waals surface area contributed by atoms with E-state index in [9.17, 15) is 14.4 Å². The van der Waals surface area contributed by atoms with Crippen LogP contribution in [0, 0.1) is 6.92 Å². The number of rotatable bonds is 5. The topological polar surface area (TPSA) is 111 Å². The molecule has 7 nitrogen and oxygen atoms in total. The summed E-state index contributed by atoms with van der Waals surface area (Å²) in [7, 11) is 0. The molecule has 0 aliphatic heterocycles. The first-order valence-corrected chi connectivity index (χ1v) is 6.81. The van der Waals surface area contributed by atoms with Crippen LogP contribution in [0.25, 0.3) is 0 Å². The summed E-state index contributed by atoms with van der Waals surface area (Å²) in [4.78, 5) is 34.5. The lowest BCUT2D eigenvalue weighted by Crippen LogP contribution is -2.44. The SMILES string of the molecule is CCOC(=O)c1sc(NC(=O)C(C)NC(N)=O)cc1C. The fourth-order valence-corrected chi connectivity index (χ4v) is 2.42. The first-order valence-electron chi connectivity index (χ1n) is 5.99. The summed E-state index contributed by atoms with van der Waals surface area (Å²) in [5, 5.41) is 5.38. The number of amides is 3. The van der Waals surface area contributed by atoms with Crippen molar-refractivity contribution in [3.05, 3.63) is 16.5 Å². The van der Waals surface area contributed by atoms with Crippen LogP contribution < -0.4 is 16.4 Å². The number of carbonyl (C=O) groups excluding carboxylic acids is 3. The number of esters is 1. The van der Waals surface area contributed by atoms with E-state index in [4.69, 9.17) is 10.5 Å². The van der Waals surface area contributed by atoms with Gasteiger partial charge in [-0.3, -0.25) is 4.79 Å². The van der Waals surface area contributed by atoms with E-state index in [1.54, 1.807) is 19.9 Å². The normalized spacial score (nSPS) is 11.6. The van der Waals surface area contributed by atoms with Crippen molar-refractivity contribution in [2.24, 2.45) is 5.73 Å². The second-order valence-corrected chi connectivity index (χ2v) is 5.11. The average Bonchev–Trinajstić information content (AvgIpc) is 2.69. The summed E-state index contributed by atoms with van der Waals surface area (Å²) in [6.45, 7) is 5.27. The van der Waals surface area contributed by atoms with Crippen LogP contribution >= 0.6 is 11.3 Å². The molecule has 1 rings (SSSR count). The Morgan fingerprint density at radius 3 is 2.65 bits per heavy atom. The second-order valence-electron chi connectivity index (χ2n) is 4.06. The molecule has 0 aromatic carbocycles. The van der Waals surface area contributed by atoms with Crippen LogP contribution in [0.4, 0.5) is 9.80 Å². The van der Waals surface area contributed by atoms with Crippen molar-refractivity contribution in [2.75, 3.05) is 11.9 Å². The number of hydrogen-bond donors (Lipinski definition) is 3. The number of ether oxygens (including phenoxy) is 1. The van der Waals surface area contributed by atoms with Gasteiger partial charge in [0.15, 0.2) is 0 Å². The van der Waals surface area contributed by atoms with Crippen molar-refractivity contribution in [1.29, 1.82) is 0 Å². The molecule has 0 spiro atoms. The van der Waals surface area contributed by atoms with Crippen LogP contribution in [0.3, 0.4) is 0 Å². The van der Waals surface area contributed by atoms with Crippen LogP contribution in [-0.4, -0.2) is 30.6 Å². The van der Waals surface area contributed by atoms with Gasteiger partial charge in [0.05, 0.1) is 11.6 Å². The molecule has 8 heteroatoms. The van der Waals surface area contributed by atoms with E-state index in [2.05, 4.69) is 10.6 Å². The number of anilines is 1. The molecule has 20 heavy (non-hydrogen) atoms. The zero-order valence-electron chi connectivity index (χ0n) is 11.5. The van der Waals surface area contributed by atoms with Crippen LogP contribution in [0.15, 0.2) is 6.07 Å². The van der Waals surface area contributed by atoms with Crippen LogP contribution in [0.5, 0.6) is 0 Å². The molecule has 1 atom stereocenters. The second kappa shape index (κ2) is 6.90. The number of aryl methyl sites for hydroxylation is 1. The molecule has 0 saturated carbocycles. The van der Waals surface area contributed by atoms with E-state index in [1.165, 1.54) is 6.92 Å². The highest BCUT2D eigenvalue weighted by Crippen LogP contribution is 2.27. The highest BCUT2D eigenvalue weighted by molar-refractivity contribution is 7.18. The monoisotopic (exact) mass is 299 g/mol. The first-order chi connectivity index (χ1) is 9.35. The maximum atomic E-state index is 11.8. The molecule has 0 fully saturated rings. The Bertz CT molecular complexity index is 527. The lowest BCUT2D eigenvalue weighted by molar-refractivity contribution is -0.117. The third-order valence-electron chi connectivity index (χ3n) is 2.38. The van der Waals surface area contributed by atoms with Gasteiger partial charge in [0.25, 0.3) is 0 Å². The largest absolute Gasteiger partial charge is 0.462 e. The molecule has 1 unspecified atom stereocenters. The van der Waals surface area contributed by atoms with Gasteiger partial charge in [0.2, 0.25) is 5.91 Å². The Kier molecular flexibility index (Phi) is 5.51. The summed E-state index contributed by atoms with van der Waals surface area (Å²) >= 11 is 1.12. The molecule has 0 radical (unpaired) electrons. The summed E-state index contributed by atoms with van der Waals surface area (Å²) < 4.78 is 4.91. The summed E-state index contributed by atoms with van der Waals surface area (Å²) in [5.74, 6) is -0.834. The van der Waals surface area contributed by atoms with Crippen molar-refractivity contribution < 1.29 is 19.1 Å². The predicted molar refractivity (Wildman–Crippen MR) is 75.8 cm³/mol. The van der Waals surface area contributed by atoms with E-state index >= 15 is 0 Å². The molecule has 0 bridgehead atoms. The minimum absolute atomic E-state index is 0.289. The first kappa shape index (κ1) is 16.0. The van der Waals surface area contributed by atoms with Crippen molar-refractivity contribution in [1.82, 2.24) is 5.32 Å². The van der Waals surface area contributed by atoms with Crippen molar-refractivity contribution in [2.45, 2.75) is 26.8 Å². The Balaban J connectivity index is 2.74. The third-order valence-corrected chi connectivity index (χ3v) is 3.51. The molecule has 3 amide bonds. The van der Waals surface area contributed by atoms with Gasteiger partial charge in [0, 0.05) is 0 Å². The van der Waals surface area contributed by atoms with Gasteiger partial charge in [-0.05, 0) is 32.4 Å². The van der Waals surface area contributed by atoms with E-state index in [0.29, 0.717) is 9.88 Å². The smallest absolute Gasteiger partial charge is 0.348 e. The van der Waals surface area contributed by atoms with Crippen LogP contribution in [0.2, 0.25) is 0 Å². The number of urea groups is 1. The summed E-state index contributed by atoms with van der Waals surface area (Å²) in [6.07, 6.45) is 0.